The summed E-state index contributed by atoms with van der Waals surface area (Å²) >= 11 is 0. The SMILES string of the molecule is Cc1nc2cc(NC(=O)c3cccc4ccn(C)c34)ccc2o1. The number of carbonyl (C=O) groups excluding carboxylic acids is 1. The van der Waals surface area contributed by atoms with E-state index in [0.29, 0.717) is 22.7 Å². The van der Waals surface area contributed by atoms with Gasteiger partial charge in [0, 0.05) is 31.2 Å². The number of anilines is 1. The average molecular weight is 305 g/mol. The Kier molecular flexibility index (Phi) is 2.94. The van der Waals surface area contributed by atoms with Crippen LogP contribution in [-0.2, 0) is 7.05 Å². The van der Waals surface area contributed by atoms with Crippen molar-refractivity contribution in [2.24, 2.45) is 7.05 Å². The predicted molar refractivity (Wildman–Crippen MR) is 89.6 cm³/mol. The first-order chi connectivity index (χ1) is 11.1. The van der Waals surface area contributed by atoms with E-state index in [1.165, 1.54) is 0 Å². The summed E-state index contributed by atoms with van der Waals surface area (Å²) in [6, 6.07) is 13.2. The number of para-hydroxylation sites is 1. The molecule has 2 heterocycles. The van der Waals surface area contributed by atoms with E-state index in [4.69, 9.17) is 4.42 Å². The molecule has 2 aromatic carbocycles. The van der Waals surface area contributed by atoms with Crippen molar-refractivity contribution >= 4 is 33.6 Å². The lowest BCUT2D eigenvalue weighted by Crippen LogP contribution is -2.13. The number of aromatic nitrogens is 2. The van der Waals surface area contributed by atoms with Gasteiger partial charge in [0.2, 0.25) is 0 Å². The zero-order valence-corrected chi connectivity index (χ0v) is 12.8. The van der Waals surface area contributed by atoms with Crippen LogP contribution >= 0.6 is 0 Å². The molecule has 0 aliphatic carbocycles. The van der Waals surface area contributed by atoms with E-state index in [9.17, 15) is 4.79 Å². The van der Waals surface area contributed by atoms with Crippen LogP contribution in [0.4, 0.5) is 5.69 Å². The van der Waals surface area contributed by atoms with Gasteiger partial charge >= 0.3 is 0 Å². The topological polar surface area (TPSA) is 60.1 Å². The summed E-state index contributed by atoms with van der Waals surface area (Å²) in [6.45, 7) is 1.80. The highest BCUT2D eigenvalue weighted by Gasteiger charge is 2.13. The molecule has 114 valence electrons. The molecule has 2 aromatic heterocycles. The van der Waals surface area contributed by atoms with Gasteiger partial charge in [-0.15, -0.1) is 0 Å². The number of nitrogens with one attached hydrogen (secondary N) is 1. The number of nitrogens with zero attached hydrogens (tertiary/aromatic N) is 2. The molecule has 0 spiro atoms. The maximum absolute atomic E-state index is 12.7. The van der Waals surface area contributed by atoms with E-state index in [-0.39, 0.29) is 5.91 Å². The average Bonchev–Trinajstić information content (AvgIpc) is 3.09. The first kappa shape index (κ1) is 13.6. The van der Waals surface area contributed by atoms with E-state index in [0.717, 1.165) is 16.4 Å². The molecule has 23 heavy (non-hydrogen) atoms. The molecule has 0 saturated heterocycles. The fourth-order valence-corrected chi connectivity index (χ4v) is 2.86. The molecule has 0 unspecified atom stereocenters. The first-order valence-electron chi connectivity index (χ1n) is 7.34. The van der Waals surface area contributed by atoms with Gasteiger partial charge in [-0.3, -0.25) is 4.79 Å². The molecular weight excluding hydrogens is 290 g/mol. The second kappa shape index (κ2) is 4.98. The Labute approximate surface area is 132 Å². The third kappa shape index (κ3) is 2.26. The van der Waals surface area contributed by atoms with Gasteiger partial charge < -0.3 is 14.3 Å². The molecule has 1 N–H and O–H groups in total. The van der Waals surface area contributed by atoms with Gasteiger partial charge in [-0.2, -0.15) is 0 Å². The molecule has 0 fully saturated rings. The van der Waals surface area contributed by atoms with Crippen LogP contribution in [-0.4, -0.2) is 15.5 Å². The van der Waals surface area contributed by atoms with Gasteiger partial charge in [0.1, 0.15) is 5.52 Å². The van der Waals surface area contributed by atoms with Gasteiger partial charge in [-0.05, 0) is 30.3 Å². The van der Waals surface area contributed by atoms with Crippen molar-refractivity contribution in [3.8, 4) is 0 Å². The summed E-state index contributed by atoms with van der Waals surface area (Å²) in [5, 5.41) is 3.98. The van der Waals surface area contributed by atoms with Gasteiger partial charge in [0.15, 0.2) is 11.5 Å². The zero-order valence-electron chi connectivity index (χ0n) is 12.8. The number of aryl methyl sites for hydroxylation is 2. The summed E-state index contributed by atoms with van der Waals surface area (Å²) in [5.74, 6) is 0.467. The van der Waals surface area contributed by atoms with Gasteiger partial charge in [-0.25, -0.2) is 4.98 Å². The van der Waals surface area contributed by atoms with Crippen molar-refractivity contribution < 1.29 is 9.21 Å². The Hall–Kier alpha value is -3.08. The number of fused-ring (bicyclic) bond motifs is 2. The molecule has 5 heteroatoms. The minimum Gasteiger partial charge on any atom is -0.441 e. The Bertz CT molecular complexity index is 1040. The van der Waals surface area contributed by atoms with Crippen LogP contribution in [0.3, 0.4) is 0 Å². The maximum Gasteiger partial charge on any atom is 0.257 e. The van der Waals surface area contributed by atoms with Gasteiger partial charge in [0.05, 0.1) is 11.1 Å². The van der Waals surface area contributed by atoms with Crippen LogP contribution in [0.1, 0.15) is 16.2 Å². The van der Waals surface area contributed by atoms with E-state index >= 15 is 0 Å². The molecule has 4 aromatic rings. The predicted octanol–water partition coefficient (Wildman–Crippen LogP) is 3.88. The highest BCUT2D eigenvalue weighted by atomic mass is 16.3. The normalized spacial score (nSPS) is 11.2. The van der Waals surface area contributed by atoms with Crippen molar-refractivity contribution in [3.05, 3.63) is 60.1 Å². The Morgan fingerprint density at radius 3 is 2.96 bits per heavy atom. The molecule has 0 bridgehead atoms. The molecule has 1 amide bonds. The van der Waals surface area contributed by atoms with E-state index in [2.05, 4.69) is 10.3 Å². The Balaban J connectivity index is 1.71. The van der Waals surface area contributed by atoms with Crippen LogP contribution < -0.4 is 5.32 Å². The summed E-state index contributed by atoms with van der Waals surface area (Å²) < 4.78 is 7.40. The second-order valence-corrected chi connectivity index (χ2v) is 5.54. The summed E-state index contributed by atoms with van der Waals surface area (Å²) in [7, 11) is 1.93. The van der Waals surface area contributed by atoms with Gasteiger partial charge in [-0.1, -0.05) is 12.1 Å². The van der Waals surface area contributed by atoms with E-state index in [1.807, 2.05) is 60.3 Å². The summed E-state index contributed by atoms with van der Waals surface area (Å²) in [5.41, 5.74) is 3.71. The second-order valence-electron chi connectivity index (χ2n) is 5.54. The van der Waals surface area contributed by atoms with Crippen LogP contribution in [0, 0.1) is 6.92 Å². The summed E-state index contributed by atoms with van der Waals surface area (Å²) in [4.78, 5) is 16.9. The van der Waals surface area contributed by atoms with Crippen molar-refractivity contribution in [2.75, 3.05) is 5.32 Å². The van der Waals surface area contributed by atoms with Crippen LogP contribution in [0.2, 0.25) is 0 Å². The van der Waals surface area contributed by atoms with Gasteiger partial charge in [0.25, 0.3) is 5.91 Å². The van der Waals surface area contributed by atoms with Crippen LogP contribution in [0.5, 0.6) is 0 Å². The number of oxazole rings is 1. The van der Waals surface area contributed by atoms with Crippen molar-refractivity contribution in [1.29, 1.82) is 0 Å². The quantitative estimate of drug-likeness (QED) is 0.611. The van der Waals surface area contributed by atoms with Crippen molar-refractivity contribution in [1.82, 2.24) is 9.55 Å². The number of hydrogen-bond acceptors (Lipinski definition) is 3. The molecule has 4 rings (SSSR count). The number of carbonyl (C=O) groups is 1. The van der Waals surface area contributed by atoms with E-state index < -0.39 is 0 Å². The fourth-order valence-electron chi connectivity index (χ4n) is 2.86. The zero-order chi connectivity index (χ0) is 16.0. The van der Waals surface area contributed by atoms with Crippen LogP contribution in [0.25, 0.3) is 22.0 Å². The third-order valence-corrected chi connectivity index (χ3v) is 3.89. The number of hydrogen-bond donors (Lipinski definition) is 1. The molecule has 0 aliphatic heterocycles. The lowest BCUT2D eigenvalue weighted by Gasteiger charge is -2.08. The molecule has 0 atom stereocenters. The molecule has 0 aliphatic rings. The Morgan fingerprint density at radius 1 is 1.22 bits per heavy atom. The van der Waals surface area contributed by atoms with Crippen molar-refractivity contribution in [3.63, 3.8) is 0 Å². The minimum atomic E-state index is -0.142. The fraction of sp³-hybridized carbons (Fsp3) is 0.111. The standard InChI is InChI=1S/C18H15N3O2/c1-11-19-15-10-13(6-7-16(15)23-11)20-18(22)14-5-3-4-12-8-9-21(2)17(12)14/h3-10H,1-2H3,(H,20,22). The van der Waals surface area contributed by atoms with Crippen LogP contribution in [0.15, 0.2) is 53.1 Å². The largest absolute Gasteiger partial charge is 0.441 e. The molecule has 0 radical (unpaired) electrons. The minimum absolute atomic E-state index is 0.142. The first-order valence-corrected chi connectivity index (χ1v) is 7.34. The number of rotatable bonds is 2. The summed E-state index contributed by atoms with van der Waals surface area (Å²) in [6.07, 6.45) is 1.95. The molecular formula is C18H15N3O2. The smallest absolute Gasteiger partial charge is 0.257 e. The van der Waals surface area contributed by atoms with E-state index in [1.54, 1.807) is 6.92 Å². The Morgan fingerprint density at radius 2 is 2.09 bits per heavy atom. The maximum atomic E-state index is 12.7. The highest BCUT2D eigenvalue weighted by Crippen LogP contribution is 2.23. The highest BCUT2D eigenvalue weighted by molar-refractivity contribution is 6.12. The lowest BCUT2D eigenvalue weighted by molar-refractivity contribution is 0.102. The molecule has 5 nitrogen and oxygen atoms in total. The number of amides is 1. The molecule has 0 saturated carbocycles. The number of benzene rings is 2. The third-order valence-electron chi connectivity index (χ3n) is 3.89. The monoisotopic (exact) mass is 305 g/mol. The lowest BCUT2D eigenvalue weighted by atomic mass is 10.1. The van der Waals surface area contributed by atoms with Crippen molar-refractivity contribution in [2.45, 2.75) is 6.92 Å².